The van der Waals surface area contributed by atoms with Crippen molar-refractivity contribution in [3.63, 3.8) is 0 Å². The summed E-state index contributed by atoms with van der Waals surface area (Å²) in [5.41, 5.74) is 5.70. The van der Waals surface area contributed by atoms with E-state index in [1.54, 1.807) is 0 Å². The van der Waals surface area contributed by atoms with E-state index in [2.05, 4.69) is 0 Å². The Bertz CT molecular complexity index is 329. The lowest BCUT2D eigenvalue weighted by Gasteiger charge is -2.19. The topological polar surface area (TPSA) is 35.2 Å². The maximum Gasteiger partial charge on any atom is 0.121 e. The first-order valence-corrected chi connectivity index (χ1v) is 5.79. The molecule has 0 saturated heterocycles. The summed E-state index contributed by atoms with van der Waals surface area (Å²) in [6, 6.07) is 7.55. The molecule has 0 radical (unpaired) electrons. The number of ether oxygens (including phenoxy) is 1. The van der Waals surface area contributed by atoms with Gasteiger partial charge in [-0.2, -0.15) is 0 Å². The normalized spacial score (nSPS) is 25.5. The third-order valence-corrected chi connectivity index (χ3v) is 3.21. The highest BCUT2D eigenvalue weighted by molar-refractivity contribution is 6.30. The molecular weight excluding hydrogens is 210 g/mol. The van der Waals surface area contributed by atoms with Crippen LogP contribution in [0.25, 0.3) is 0 Å². The zero-order valence-corrected chi connectivity index (χ0v) is 9.41. The summed E-state index contributed by atoms with van der Waals surface area (Å²) in [6.07, 6.45) is 3.77. The molecule has 1 aliphatic rings. The van der Waals surface area contributed by atoms with Crippen molar-refractivity contribution in [3.05, 3.63) is 29.3 Å². The minimum Gasteiger partial charge on any atom is -0.490 e. The van der Waals surface area contributed by atoms with E-state index in [4.69, 9.17) is 22.1 Å². The lowest BCUT2D eigenvalue weighted by Crippen LogP contribution is -2.27. The Hall–Kier alpha value is -0.730. The molecule has 0 aromatic heterocycles. The monoisotopic (exact) mass is 225 g/mol. The Kier molecular flexibility index (Phi) is 3.49. The van der Waals surface area contributed by atoms with E-state index < -0.39 is 0 Å². The molecule has 2 N–H and O–H groups in total. The summed E-state index contributed by atoms with van der Waals surface area (Å²) in [6.45, 7) is 0.714. The maximum atomic E-state index is 5.90. The molecule has 1 fully saturated rings. The lowest BCUT2D eigenvalue weighted by molar-refractivity contribution is 0.162. The van der Waals surface area contributed by atoms with Crippen LogP contribution in [0.4, 0.5) is 0 Å². The molecule has 0 heterocycles. The van der Waals surface area contributed by atoms with Gasteiger partial charge in [0.2, 0.25) is 0 Å². The minimum absolute atomic E-state index is 0.272. The number of benzene rings is 1. The molecule has 82 valence electrons. The van der Waals surface area contributed by atoms with Crippen LogP contribution in [0.5, 0.6) is 5.75 Å². The molecule has 2 nitrogen and oxygen atoms in total. The molecule has 1 saturated carbocycles. The molecular formula is C12H16ClNO. The van der Waals surface area contributed by atoms with Crippen molar-refractivity contribution < 1.29 is 4.74 Å². The summed E-state index contributed by atoms with van der Waals surface area (Å²) in [4.78, 5) is 0. The van der Waals surface area contributed by atoms with Crippen LogP contribution in [0.1, 0.15) is 19.3 Å². The molecule has 0 spiro atoms. The SMILES string of the molecule is NCC1CCCC1Oc1cccc(Cl)c1. The maximum absolute atomic E-state index is 5.90. The van der Waals surface area contributed by atoms with Gasteiger partial charge in [0.05, 0.1) is 0 Å². The summed E-state index contributed by atoms with van der Waals surface area (Å²) >= 11 is 5.90. The van der Waals surface area contributed by atoms with Crippen molar-refractivity contribution in [2.75, 3.05) is 6.54 Å². The van der Waals surface area contributed by atoms with Crippen LogP contribution in [-0.4, -0.2) is 12.6 Å². The first-order chi connectivity index (χ1) is 7.29. The number of halogens is 1. The quantitative estimate of drug-likeness (QED) is 0.859. The van der Waals surface area contributed by atoms with Gasteiger partial charge in [0, 0.05) is 10.9 Å². The summed E-state index contributed by atoms with van der Waals surface area (Å²) in [5, 5.41) is 0.717. The molecule has 15 heavy (non-hydrogen) atoms. The van der Waals surface area contributed by atoms with Gasteiger partial charge in [-0.1, -0.05) is 17.7 Å². The van der Waals surface area contributed by atoms with Crippen molar-refractivity contribution in [2.45, 2.75) is 25.4 Å². The third-order valence-electron chi connectivity index (χ3n) is 2.98. The van der Waals surface area contributed by atoms with E-state index in [0.717, 1.165) is 17.2 Å². The Labute approximate surface area is 95.4 Å². The Morgan fingerprint density at radius 3 is 3.00 bits per heavy atom. The van der Waals surface area contributed by atoms with Crippen LogP contribution >= 0.6 is 11.6 Å². The molecule has 1 aromatic carbocycles. The van der Waals surface area contributed by atoms with Crippen LogP contribution in [0.3, 0.4) is 0 Å². The smallest absolute Gasteiger partial charge is 0.121 e. The number of nitrogens with two attached hydrogens (primary N) is 1. The Morgan fingerprint density at radius 1 is 1.40 bits per heavy atom. The van der Waals surface area contributed by atoms with Gasteiger partial charge in [-0.3, -0.25) is 0 Å². The molecule has 2 atom stereocenters. The standard InChI is InChI=1S/C12H16ClNO/c13-10-4-2-5-11(7-10)15-12-6-1-3-9(12)8-14/h2,4-5,7,9,12H,1,3,6,8,14H2. The van der Waals surface area contributed by atoms with Gasteiger partial charge in [0.1, 0.15) is 11.9 Å². The fourth-order valence-corrected chi connectivity index (χ4v) is 2.32. The zero-order valence-electron chi connectivity index (χ0n) is 8.66. The van der Waals surface area contributed by atoms with Gasteiger partial charge in [-0.15, -0.1) is 0 Å². The fourth-order valence-electron chi connectivity index (χ4n) is 2.14. The highest BCUT2D eigenvalue weighted by Gasteiger charge is 2.27. The van der Waals surface area contributed by atoms with E-state index in [1.165, 1.54) is 12.8 Å². The summed E-state index contributed by atoms with van der Waals surface area (Å²) in [5.74, 6) is 1.36. The van der Waals surface area contributed by atoms with Crippen LogP contribution in [-0.2, 0) is 0 Å². The van der Waals surface area contributed by atoms with Gasteiger partial charge in [0.15, 0.2) is 0 Å². The van der Waals surface area contributed by atoms with Crippen LogP contribution in [0, 0.1) is 5.92 Å². The van der Waals surface area contributed by atoms with Crippen molar-refractivity contribution in [1.29, 1.82) is 0 Å². The zero-order chi connectivity index (χ0) is 10.7. The van der Waals surface area contributed by atoms with Gasteiger partial charge >= 0.3 is 0 Å². The van der Waals surface area contributed by atoms with Crippen LogP contribution in [0.15, 0.2) is 24.3 Å². The van der Waals surface area contributed by atoms with Gasteiger partial charge in [0.25, 0.3) is 0 Å². The first kappa shape index (κ1) is 10.8. The number of hydrogen-bond donors (Lipinski definition) is 1. The molecule has 3 heteroatoms. The second kappa shape index (κ2) is 4.86. The average molecular weight is 226 g/mol. The number of hydrogen-bond acceptors (Lipinski definition) is 2. The second-order valence-electron chi connectivity index (χ2n) is 4.04. The first-order valence-electron chi connectivity index (χ1n) is 5.42. The predicted octanol–water partition coefficient (Wildman–Crippen LogP) is 2.85. The van der Waals surface area contributed by atoms with Crippen molar-refractivity contribution in [1.82, 2.24) is 0 Å². The molecule has 1 aromatic rings. The van der Waals surface area contributed by atoms with Crippen molar-refractivity contribution in [2.24, 2.45) is 11.7 Å². The van der Waals surface area contributed by atoms with E-state index in [1.807, 2.05) is 24.3 Å². The fraction of sp³-hybridized carbons (Fsp3) is 0.500. The third kappa shape index (κ3) is 2.64. The average Bonchev–Trinajstić information content (AvgIpc) is 2.65. The highest BCUT2D eigenvalue weighted by atomic mass is 35.5. The van der Waals surface area contributed by atoms with E-state index in [9.17, 15) is 0 Å². The molecule has 1 aliphatic carbocycles. The Morgan fingerprint density at radius 2 is 2.27 bits per heavy atom. The molecule has 2 rings (SSSR count). The van der Waals surface area contributed by atoms with Crippen LogP contribution in [0.2, 0.25) is 5.02 Å². The van der Waals surface area contributed by atoms with Gasteiger partial charge in [-0.05, 0) is 44.0 Å². The molecule has 0 bridgehead atoms. The largest absolute Gasteiger partial charge is 0.490 e. The summed E-state index contributed by atoms with van der Waals surface area (Å²) < 4.78 is 5.90. The lowest BCUT2D eigenvalue weighted by atomic mass is 10.1. The van der Waals surface area contributed by atoms with E-state index in [-0.39, 0.29) is 6.10 Å². The van der Waals surface area contributed by atoms with Gasteiger partial charge in [-0.25, -0.2) is 0 Å². The predicted molar refractivity (Wildman–Crippen MR) is 62.3 cm³/mol. The molecule has 0 aliphatic heterocycles. The summed E-state index contributed by atoms with van der Waals surface area (Å²) in [7, 11) is 0. The molecule has 0 amide bonds. The van der Waals surface area contributed by atoms with Gasteiger partial charge < -0.3 is 10.5 Å². The minimum atomic E-state index is 0.272. The Balaban J connectivity index is 2.02. The highest BCUT2D eigenvalue weighted by Crippen LogP contribution is 2.29. The van der Waals surface area contributed by atoms with E-state index in [0.29, 0.717) is 12.5 Å². The molecule has 2 unspecified atom stereocenters. The van der Waals surface area contributed by atoms with Crippen molar-refractivity contribution in [3.8, 4) is 5.75 Å². The van der Waals surface area contributed by atoms with Crippen molar-refractivity contribution >= 4 is 11.6 Å². The van der Waals surface area contributed by atoms with E-state index >= 15 is 0 Å². The number of rotatable bonds is 3. The van der Waals surface area contributed by atoms with Crippen LogP contribution < -0.4 is 10.5 Å². The second-order valence-corrected chi connectivity index (χ2v) is 4.48.